The standard InChI is InChI=1S/C24H50N4O2S2/c1-3-5-7-9-11-12-14-16-20-31-21-22-32-24(28-30)23(27-29)26-19-18-25-17-15-13-10-8-6-4-2/h25,29-30H,3-22H2,1-2H3,(H,26,27)/b28-24-. The molecule has 0 unspecified atom stereocenters. The van der Waals surface area contributed by atoms with Crippen LogP contribution in [0.1, 0.15) is 104 Å². The highest BCUT2D eigenvalue weighted by Crippen LogP contribution is 2.14. The summed E-state index contributed by atoms with van der Waals surface area (Å²) in [6.07, 6.45) is 18.5. The molecule has 0 fully saturated rings. The second-order valence-electron chi connectivity index (χ2n) is 8.20. The molecule has 0 aliphatic heterocycles. The Bertz CT molecular complexity index is 452. The molecule has 8 heteroatoms. The fraction of sp³-hybridized carbons (Fsp3) is 0.917. The van der Waals surface area contributed by atoms with Crippen LogP contribution in [0.3, 0.4) is 0 Å². The molecular formula is C24H50N4O2S2. The summed E-state index contributed by atoms with van der Waals surface area (Å²) in [7, 11) is 0. The van der Waals surface area contributed by atoms with Crippen molar-refractivity contribution in [2.24, 2.45) is 10.1 Å². The molecule has 0 aliphatic carbocycles. The average Bonchev–Trinajstić information content (AvgIpc) is 2.81. The monoisotopic (exact) mass is 490 g/mol. The van der Waals surface area contributed by atoms with E-state index < -0.39 is 0 Å². The summed E-state index contributed by atoms with van der Waals surface area (Å²) < 4.78 is 0. The van der Waals surface area contributed by atoms with Gasteiger partial charge < -0.3 is 10.5 Å². The Morgan fingerprint density at radius 1 is 0.719 bits per heavy atom. The minimum absolute atomic E-state index is 0.243. The van der Waals surface area contributed by atoms with Gasteiger partial charge in [0.1, 0.15) is 0 Å². The summed E-state index contributed by atoms with van der Waals surface area (Å²) in [6.45, 7) is 6.77. The lowest BCUT2D eigenvalue weighted by Crippen LogP contribution is -2.29. The van der Waals surface area contributed by atoms with Crippen LogP contribution >= 0.6 is 23.5 Å². The van der Waals surface area contributed by atoms with Crippen molar-refractivity contribution < 1.29 is 10.4 Å². The van der Waals surface area contributed by atoms with Gasteiger partial charge in [0.05, 0.1) is 6.54 Å². The van der Waals surface area contributed by atoms with E-state index in [0.29, 0.717) is 11.6 Å². The van der Waals surface area contributed by atoms with Crippen molar-refractivity contribution in [2.75, 3.05) is 36.9 Å². The van der Waals surface area contributed by atoms with Crippen LogP contribution in [0.25, 0.3) is 0 Å². The lowest BCUT2D eigenvalue weighted by Gasteiger charge is -2.08. The molecule has 0 rings (SSSR count). The van der Waals surface area contributed by atoms with Crippen molar-refractivity contribution in [3.63, 3.8) is 0 Å². The molecule has 4 N–H and O–H groups in total. The topological polar surface area (TPSA) is 89.2 Å². The van der Waals surface area contributed by atoms with E-state index in [1.807, 2.05) is 11.8 Å². The molecule has 0 radical (unpaired) electrons. The second-order valence-corrected chi connectivity index (χ2v) is 10.5. The van der Waals surface area contributed by atoms with Crippen LogP contribution in [0.4, 0.5) is 0 Å². The summed E-state index contributed by atoms with van der Waals surface area (Å²) >= 11 is 3.36. The van der Waals surface area contributed by atoms with Gasteiger partial charge in [-0.05, 0) is 25.1 Å². The maximum Gasteiger partial charge on any atom is 0.181 e. The van der Waals surface area contributed by atoms with E-state index in [9.17, 15) is 10.4 Å². The van der Waals surface area contributed by atoms with Gasteiger partial charge in [-0.2, -0.15) is 11.8 Å². The summed E-state index contributed by atoms with van der Waals surface area (Å²) in [4.78, 5) is 4.32. The molecule has 0 amide bonds. The summed E-state index contributed by atoms with van der Waals surface area (Å²) in [5.41, 5.74) is 2.08. The van der Waals surface area contributed by atoms with Gasteiger partial charge >= 0.3 is 0 Å². The van der Waals surface area contributed by atoms with Crippen LogP contribution in [-0.4, -0.2) is 58.2 Å². The predicted molar refractivity (Wildman–Crippen MR) is 145 cm³/mol. The van der Waals surface area contributed by atoms with Gasteiger partial charge in [-0.3, -0.25) is 15.7 Å². The first-order chi connectivity index (χ1) is 15.8. The molecule has 0 heterocycles. The Labute approximate surface area is 206 Å². The average molecular weight is 491 g/mol. The highest BCUT2D eigenvalue weighted by molar-refractivity contribution is 8.16. The third-order valence-corrected chi connectivity index (χ3v) is 7.56. The molecule has 0 saturated carbocycles. The lowest BCUT2D eigenvalue weighted by atomic mass is 10.1. The van der Waals surface area contributed by atoms with E-state index in [4.69, 9.17) is 0 Å². The molecule has 0 spiro atoms. The number of rotatable bonds is 22. The number of hydrogen-bond acceptors (Lipinski definition) is 7. The van der Waals surface area contributed by atoms with Crippen molar-refractivity contribution in [3.8, 4) is 0 Å². The Morgan fingerprint density at radius 3 is 1.91 bits per heavy atom. The van der Waals surface area contributed by atoms with Gasteiger partial charge in [-0.25, -0.2) is 0 Å². The van der Waals surface area contributed by atoms with E-state index in [1.54, 1.807) is 0 Å². The molecule has 6 nitrogen and oxygen atoms in total. The Balaban J connectivity index is 3.72. The van der Waals surface area contributed by atoms with Crippen molar-refractivity contribution in [1.82, 2.24) is 10.8 Å². The molecular weight excluding hydrogens is 440 g/mol. The second kappa shape index (κ2) is 26.8. The normalized spacial score (nSPS) is 12.5. The van der Waals surface area contributed by atoms with Crippen molar-refractivity contribution >= 4 is 34.4 Å². The van der Waals surface area contributed by atoms with Gasteiger partial charge in [-0.15, -0.1) is 0 Å². The van der Waals surface area contributed by atoms with Gasteiger partial charge in [-0.1, -0.05) is 108 Å². The summed E-state index contributed by atoms with van der Waals surface area (Å²) in [5.74, 6) is 3.26. The molecule has 0 aromatic carbocycles. The number of aliphatic imine (C=N–C) groups is 1. The van der Waals surface area contributed by atoms with Crippen LogP contribution in [0, 0.1) is 0 Å². The first-order valence-corrected chi connectivity index (χ1v) is 15.0. The largest absolute Gasteiger partial charge is 0.410 e. The van der Waals surface area contributed by atoms with E-state index in [-0.39, 0.29) is 5.84 Å². The van der Waals surface area contributed by atoms with Crippen LogP contribution in [-0.2, 0) is 0 Å². The van der Waals surface area contributed by atoms with Gasteiger partial charge in [0.15, 0.2) is 10.9 Å². The SMILES string of the molecule is CCCCCCCCCCSCCS/C(=N\O)C(=NCCNCCCCCCCC)NO. The first-order valence-electron chi connectivity index (χ1n) is 12.9. The minimum atomic E-state index is 0.243. The Hall–Kier alpha value is -0.440. The number of hydroxylamine groups is 1. The number of thioether (sulfide) groups is 2. The van der Waals surface area contributed by atoms with Crippen LogP contribution in [0.5, 0.6) is 0 Å². The highest BCUT2D eigenvalue weighted by Gasteiger charge is 2.10. The molecule has 0 aromatic heterocycles. The molecule has 0 aromatic rings. The van der Waals surface area contributed by atoms with Gasteiger partial charge in [0, 0.05) is 18.1 Å². The number of unbranched alkanes of at least 4 members (excludes halogenated alkanes) is 12. The number of oxime groups is 1. The first kappa shape index (κ1) is 31.6. The van der Waals surface area contributed by atoms with Crippen LogP contribution in [0.15, 0.2) is 10.1 Å². The summed E-state index contributed by atoms with van der Waals surface area (Å²) in [5, 5.41) is 25.7. The molecule has 190 valence electrons. The molecule has 0 bridgehead atoms. The lowest BCUT2D eigenvalue weighted by molar-refractivity contribution is 0.236. The molecule has 0 aliphatic rings. The maximum absolute atomic E-state index is 9.35. The third kappa shape index (κ3) is 21.4. The van der Waals surface area contributed by atoms with E-state index in [0.717, 1.165) is 24.6 Å². The third-order valence-electron chi connectivity index (χ3n) is 5.27. The highest BCUT2D eigenvalue weighted by atomic mass is 32.2. The molecule has 0 saturated heterocycles. The quantitative estimate of drug-likeness (QED) is 0.0443. The van der Waals surface area contributed by atoms with Crippen LogP contribution in [0.2, 0.25) is 0 Å². The van der Waals surface area contributed by atoms with Crippen molar-refractivity contribution in [2.45, 2.75) is 104 Å². The number of nitrogens with zero attached hydrogens (tertiary/aromatic N) is 2. The van der Waals surface area contributed by atoms with Crippen molar-refractivity contribution in [3.05, 3.63) is 0 Å². The predicted octanol–water partition coefficient (Wildman–Crippen LogP) is 6.71. The van der Waals surface area contributed by atoms with Crippen molar-refractivity contribution in [1.29, 1.82) is 0 Å². The van der Waals surface area contributed by atoms with E-state index >= 15 is 0 Å². The van der Waals surface area contributed by atoms with Gasteiger partial charge in [0.25, 0.3) is 0 Å². The zero-order valence-corrected chi connectivity index (χ0v) is 22.4. The number of amidine groups is 1. The van der Waals surface area contributed by atoms with Crippen LogP contribution < -0.4 is 10.8 Å². The minimum Gasteiger partial charge on any atom is -0.410 e. The zero-order chi connectivity index (χ0) is 23.5. The fourth-order valence-corrected chi connectivity index (χ4v) is 5.25. The fourth-order valence-electron chi connectivity index (χ4n) is 3.33. The smallest absolute Gasteiger partial charge is 0.181 e. The van der Waals surface area contributed by atoms with E-state index in [1.165, 1.54) is 107 Å². The Kier molecular flexibility index (Phi) is 26.4. The zero-order valence-electron chi connectivity index (χ0n) is 20.7. The van der Waals surface area contributed by atoms with E-state index in [2.05, 4.69) is 34.8 Å². The maximum atomic E-state index is 9.35. The molecule has 0 atom stereocenters. The van der Waals surface area contributed by atoms with Gasteiger partial charge in [0.2, 0.25) is 0 Å². The Morgan fingerprint density at radius 2 is 1.31 bits per heavy atom. The molecule has 32 heavy (non-hydrogen) atoms. The summed E-state index contributed by atoms with van der Waals surface area (Å²) in [6, 6.07) is 0. The number of hydrogen-bond donors (Lipinski definition) is 4. The number of nitrogens with one attached hydrogen (secondary N) is 2.